The van der Waals surface area contributed by atoms with Gasteiger partial charge in [0.05, 0.1) is 5.56 Å². The smallest absolute Gasteiger partial charge is 0.338 e. The van der Waals surface area contributed by atoms with Crippen molar-refractivity contribution in [1.29, 1.82) is 0 Å². The van der Waals surface area contributed by atoms with E-state index in [9.17, 15) is 9.18 Å². The Morgan fingerprint density at radius 1 is 1.33 bits per heavy atom. The molecular weight excluding hydrogens is 267 g/mol. The van der Waals surface area contributed by atoms with E-state index in [2.05, 4.69) is 20.8 Å². The van der Waals surface area contributed by atoms with E-state index >= 15 is 0 Å². The third kappa shape index (κ3) is 2.01. The molecule has 0 aromatic heterocycles. The van der Waals surface area contributed by atoms with Gasteiger partial charge in [0.25, 0.3) is 0 Å². The van der Waals surface area contributed by atoms with Gasteiger partial charge in [0, 0.05) is 5.41 Å². The van der Waals surface area contributed by atoms with Crippen LogP contribution in [0.25, 0.3) is 0 Å². The van der Waals surface area contributed by atoms with Gasteiger partial charge in [-0.25, -0.2) is 9.18 Å². The van der Waals surface area contributed by atoms with Crippen molar-refractivity contribution in [2.45, 2.75) is 53.1 Å². The molecule has 114 valence electrons. The molecule has 1 aromatic carbocycles. The third-order valence-corrected chi connectivity index (χ3v) is 6.37. The van der Waals surface area contributed by atoms with Crippen molar-refractivity contribution in [2.75, 3.05) is 0 Å². The fourth-order valence-corrected chi connectivity index (χ4v) is 4.23. The van der Waals surface area contributed by atoms with Gasteiger partial charge >= 0.3 is 5.97 Å². The highest BCUT2D eigenvalue weighted by Gasteiger charge is 2.62. The first-order chi connectivity index (χ1) is 9.75. The van der Waals surface area contributed by atoms with Crippen LogP contribution in [0.2, 0.25) is 0 Å². The Morgan fingerprint density at radius 2 is 2.05 bits per heavy atom. The van der Waals surface area contributed by atoms with Crippen molar-refractivity contribution in [2.24, 2.45) is 16.7 Å². The van der Waals surface area contributed by atoms with Crippen LogP contribution in [0.3, 0.4) is 0 Å². The second kappa shape index (κ2) is 4.56. The van der Waals surface area contributed by atoms with Gasteiger partial charge in [0.15, 0.2) is 0 Å². The topological polar surface area (TPSA) is 26.3 Å². The third-order valence-electron chi connectivity index (χ3n) is 6.37. The zero-order valence-electron chi connectivity index (χ0n) is 13.2. The Labute approximate surface area is 125 Å². The summed E-state index contributed by atoms with van der Waals surface area (Å²) >= 11 is 0. The van der Waals surface area contributed by atoms with E-state index in [1.54, 1.807) is 19.1 Å². The van der Waals surface area contributed by atoms with Crippen molar-refractivity contribution in [3.63, 3.8) is 0 Å². The van der Waals surface area contributed by atoms with Gasteiger partial charge in [-0.15, -0.1) is 0 Å². The van der Waals surface area contributed by atoms with Crippen molar-refractivity contribution in [3.05, 3.63) is 35.1 Å². The molecule has 3 heteroatoms. The summed E-state index contributed by atoms with van der Waals surface area (Å²) in [5, 5.41) is 0. The molecule has 0 aliphatic heterocycles. The molecular formula is C18H23FO2. The number of ether oxygens (including phenoxy) is 1. The molecule has 3 rings (SSSR count). The molecule has 2 aliphatic carbocycles. The minimum absolute atomic E-state index is 0.0383. The lowest BCUT2D eigenvalue weighted by atomic mass is 9.70. The predicted octanol–water partition coefficient (Wildman–Crippen LogP) is 4.51. The molecule has 2 saturated carbocycles. The molecule has 1 aromatic rings. The number of benzene rings is 1. The van der Waals surface area contributed by atoms with Gasteiger partial charge in [-0.05, 0) is 55.2 Å². The van der Waals surface area contributed by atoms with Crippen molar-refractivity contribution in [1.82, 2.24) is 0 Å². The molecule has 2 aliphatic rings. The van der Waals surface area contributed by atoms with Crippen LogP contribution in [0, 0.1) is 29.5 Å². The average Bonchev–Trinajstić information content (AvgIpc) is 2.75. The van der Waals surface area contributed by atoms with E-state index in [0.717, 1.165) is 12.8 Å². The number of fused-ring (bicyclic) bond motifs is 2. The number of rotatable bonds is 2. The predicted molar refractivity (Wildman–Crippen MR) is 79.6 cm³/mol. The van der Waals surface area contributed by atoms with Crippen LogP contribution in [0.5, 0.6) is 0 Å². The van der Waals surface area contributed by atoms with Gasteiger partial charge < -0.3 is 4.74 Å². The van der Waals surface area contributed by atoms with Crippen LogP contribution >= 0.6 is 0 Å². The van der Waals surface area contributed by atoms with Crippen LogP contribution in [-0.2, 0) is 4.74 Å². The van der Waals surface area contributed by atoms with Gasteiger partial charge in [-0.2, -0.15) is 0 Å². The maximum atomic E-state index is 13.6. The summed E-state index contributed by atoms with van der Waals surface area (Å²) in [6.07, 6.45) is 3.20. The molecule has 2 bridgehead atoms. The van der Waals surface area contributed by atoms with Crippen molar-refractivity contribution in [3.8, 4) is 0 Å². The lowest BCUT2D eigenvalue weighted by Gasteiger charge is -2.38. The van der Waals surface area contributed by atoms with Gasteiger partial charge in [0.2, 0.25) is 0 Å². The highest BCUT2D eigenvalue weighted by molar-refractivity contribution is 5.89. The molecule has 0 heterocycles. The van der Waals surface area contributed by atoms with Gasteiger partial charge in [-0.1, -0.05) is 26.8 Å². The van der Waals surface area contributed by atoms with E-state index in [4.69, 9.17) is 4.74 Å². The van der Waals surface area contributed by atoms with Gasteiger partial charge in [-0.3, -0.25) is 0 Å². The van der Waals surface area contributed by atoms with Crippen LogP contribution in [0.4, 0.5) is 4.39 Å². The summed E-state index contributed by atoms with van der Waals surface area (Å²) in [6, 6.07) is 4.54. The highest BCUT2D eigenvalue weighted by Crippen LogP contribution is 2.66. The lowest BCUT2D eigenvalue weighted by molar-refractivity contribution is -0.0242. The second-order valence-electron chi connectivity index (χ2n) is 7.47. The van der Waals surface area contributed by atoms with E-state index in [-0.39, 0.29) is 22.8 Å². The highest BCUT2D eigenvalue weighted by atomic mass is 19.1. The molecule has 2 nitrogen and oxygen atoms in total. The molecule has 0 saturated heterocycles. The number of esters is 1. The standard InChI is InChI=1S/C18H23FO2/c1-11-5-6-12(9-14(11)19)16(20)21-15-10-13-7-8-18(15,4)17(13,2)3/h5-6,9,13,15H,7-8,10H2,1-4H3. The normalized spacial score (nSPS) is 33.2. The second-order valence-corrected chi connectivity index (χ2v) is 7.47. The van der Waals surface area contributed by atoms with Crippen LogP contribution in [0.15, 0.2) is 18.2 Å². The summed E-state index contributed by atoms with van der Waals surface area (Å²) in [5.41, 5.74) is 1.09. The maximum Gasteiger partial charge on any atom is 0.338 e. The molecule has 0 radical (unpaired) electrons. The van der Waals surface area contributed by atoms with Crippen LogP contribution in [-0.4, -0.2) is 12.1 Å². The average molecular weight is 290 g/mol. The summed E-state index contributed by atoms with van der Waals surface area (Å²) in [7, 11) is 0. The van der Waals surface area contributed by atoms with E-state index in [1.807, 2.05) is 0 Å². The number of halogens is 1. The lowest BCUT2D eigenvalue weighted by Crippen LogP contribution is -2.38. The van der Waals surface area contributed by atoms with Gasteiger partial charge in [0.1, 0.15) is 11.9 Å². The van der Waals surface area contributed by atoms with Crippen LogP contribution in [0.1, 0.15) is 56.0 Å². The Morgan fingerprint density at radius 3 is 2.57 bits per heavy atom. The number of carbonyl (C=O) groups excluding carboxylic acids is 1. The largest absolute Gasteiger partial charge is 0.458 e. The Balaban J connectivity index is 1.79. The van der Waals surface area contributed by atoms with E-state index in [1.165, 1.54) is 12.5 Å². The van der Waals surface area contributed by atoms with Crippen molar-refractivity contribution >= 4 is 5.97 Å². The zero-order chi connectivity index (χ0) is 15.4. The number of hydrogen-bond donors (Lipinski definition) is 0. The Bertz CT molecular complexity index is 593. The fourth-order valence-electron chi connectivity index (χ4n) is 4.23. The first-order valence-electron chi connectivity index (χ1n) is 7.73. The quantitative estimate of drug-likeness (QED) is 0.749. The summed E-state index contributed by atoms with van der Waals surface area (Å²) in [6.45, 7) is 8.48. The Kier molecular flexibility index (Phi) is 3.16. The summed E-state index contributed by atoms with van der Waals surface area (Å²) < 4.78 is 19.4. The summed E-state index contributed by atoms with van der Waals surface area (Å²) in [4.78, 5) is 12.3. The monoisotopic (exact) mass is 290 g/mol. The molecule has 3 atom stereocenters. The minimum atomic E-state index is -0.400. The number of carbonyl (C=O) groups is 1. The Hall–Kier alpha value is -1.38. The molecule has 0 amide bonds. The molecule has 0 N–H and O–H groups in total. The maximum absolute atomic E-state index is 13.6. The fraction of sp³-hybridized carbons (Fsp3) is 0.611. The number of hydrogen-bond acceptors (Lipinski definition) is 2. The molecule has 21 heavy (non-hydrogen) atoms. The SMILES string of the molecule is Cc1ccc(C(=O)OC2CC3CCC2(C)C3(C)C)cc1F. The molecule has 3 unspecified atom stereocenters. The minimum Gasteiger partial charge on any atom is -0.458 e. The van der Waals surface area contributed by atoms with E-state index < -0.39 is 5.97 Å². The molecule has 2 fully saturated rings. The zero-order valence-corrected chi connectivity index (χ0v) is 13.2. The first-order valence-corrected chi connectivity index (χ1v) is 7.73. The number of aryl methyl sites for hydroxylation is 1. The molecule has 0 spiro atoms. The summed E-state index contributed by atoms with van der Waals surface area (Å²) in [5.74, 6) is -0.137. The van der Waals surface area contributed by atoms with Crippen LogP contribution < -0.4 is 0 Å². The van der Waals surface area contributed by atoms with E-state index in [0.29, 0.717) is 17.0 Å². The van der Waals surface area contributed by atoms with Crippen molar-refractivity contribution < 1.29 is 13.9 Å². The first kappa shape index (κ1) is 14.6.